The Hall–Kier alpha value is -3.35. The number of rotatable bonds is 5. The number of esters is 1. The Morgan fingerprint density at radius 3 is 2.40 bits per heavy atom. The smallest absolute Gasteiger partial charge is 0.325 e. The average molecular weight is 410 g/mol. The highest BCUT2D eigenvalue weighted by Crippen LogP contribution is 2.38. The lowest BCUT2D eigenvalue weighted by Crippen LogP contribution is -2.54. The number of ether oxygens (including phenoxy) is 2. The molecule has 0 spiro atoms. The molecular formula is C23H26N2O5. The number of benzene rings is 2. The number of methoxy groups -OCH3 is 1. The molecule has 7 heteroatoms. The fourth-order valence-corrected chi connectivity index (χ4v) is 3.21. The van der Waals surface area contributed by atoms with Gasteiger partial charge in [-0.2, -0.15) is 0 Å². The van der Waals surface area contributed by atoms with Crippen LogP contribution in [0.3, 0.4) is 0 Å². The number of nitrogens with one attached hydrogen (secondary N) is 1. The first-order chi connectivity index (χ1) is 14.1. The first kappa shape index (κ1) is 21.4. The zero-order valence-electron chi connectivity index (χ0n) is 17.8. The average Bonchev–Trinajstić information content (AvgIpc) is 2.71. The van der Waals surface area contributed by atoms with Crippen molar-refractivity contribution in [2.45, 2.75) is 39.2 Å². The molecule has 2 aromatic carbocycles. The van der Waals surface area contributed by atoms with Gasteiger partial charge in [0.2, 0.25) is 0 Å². The molecule has 1 aliphatic heterocycles. The predicted octanol–water partition coefficient (Wildman–Crippen LogP) is 3.74. The minimum absolute atomic E-state index is 0.267. The third-order valence-electron chi connectivity index (χ3n) is 4.99. The summed E-state index contributed by atoms with van der Waals surface area (Å²) in [6, 6.07) is 12.4. The van der Waals surface area contributed by atoms with Gasteiger partial charge in [0.1, 0.15) is 12.3 Å². The second-order valence-electron chi connectivity index (χ2n) is 7.99. The Kier molecular flexibility index (Phi) is 5.82. The summed E-state index contributed by atoms with van der Waals surface area (Å²) in [5.41, 5.74) is 1.41. The fourth-order valence-electron chi connectivity index (χ4n) is 3.21. The molecule has 3 rings (SSSR count). The summed E-state index contributed by atoms with van der Waals surface area (Å²) in [6.07, 6.45) is 0. The molecule has 0 radical (unpaired) electrons. The molecule has 1 aliphatic rings. The van der Waals surface area contributed by atoms with Gasteiger partial charge in [-0.3, -0.25) is 19.3 Å². The molecule has 0 bridgehead atoms. The molecule has 1 heterocycles. The molecule has 2 aromatic rings. The van der Waals surface area contributed by atoms with Crippen LogP contribution in [0.1, 0.15) is 49.5 Å². The van der Waals surface area contributed by atoms with Crippen molar-refractivity contribution in [2.24, 2.45) is 0 Å². The molecular weight excluding hydrogens is 384 g/mol. The van der Waals surface area contributed by atoms with E-state index in [1.54, 1.807) is 32.0 Å². The van der Waals surface area contributed by atoms with Gasteiger partial charge in [0, 0.05) is 11.3 Å². The van der Waals surface area contributed by atoms with E-state index < -0.39 is 11.6 Å². The van der Waals surface area contributed by atoms with Crippen LogP contribution in [-0.4, -0.2) is 37.0 Å². The molecule has 0 saturated heterocycles. The highest BCUT2D eigenvalue weighted by Gasteiger charge is 2.42. The van der Waals surface area contributed by atoms with E-state index in [1.807, 2.05) is 24.3 Å². The van der Waals surface area contributed by atoms with Crippen LogP contribution in [0, 0.1) is 0 Å². The van der Waals surface area contributed by atoms with Crippen LogP contribution in [0.2, 0.25) is 0 Å². The Labute approximate surface area is 176 Å². The standard InChI is InChI=1S/C23H26N2O5/c1-14(2)15-6-9-17(10-7-15)24-21(27)16-8-11-19-18(12-16)25(13-20(26)29-5)22(28)23(3,4)30-19/h6-12,14H,13H2,1-5H3,(H,24,27). The molecule has 2 amide bonds. The topological polar surface area (TPSA) is 84.9 Å². The zero-order valence-corrected chi connectivity index (χ0v) is 17.8. The van der Waals surface area contributed by atoms with Crippen LogP contribution in [0.4, 0.5) is 11.4 Å². The van der Waals surface area contributed by atoms with E-state index in [9.17, 15) is 14.4 Å². The molecule has 30 heavy (non-hydrogen) atoms. The van der Waals surface area contributed by atoms with Crippen molar-refractivity contribution in [3.63, 3.8) is 0 Å². The van der Waals surface area contributed by atoms with Gasteiger partial charge in [-0.1, -0.05) is 26.0 Å². The molecule has 0 atom stereocenters. The minimum atomic E-state index is -1.14. The molecule has 0 saturated carbocycles. The second kappa shape index (κ2) is 8.18. The Balaban J connectivity index is 1.88. The summed E-state index contributed by atoms with van der Waals surface area (Å²) in [6.45, 7) is 7.20. The van der Waals surface area contributed by atoms with Crippen LogP contribution in [-0.2, 0) is 14.3 Å². The van der Waals surface area contributed by atoms with E-state index in [-0.39, 0.29) is 18.4 Å². The van der Waals surface area contributed by atoms with Crippen LogP contribution in [0.25, 0.3) is 0 Å². The van der Waals surface area contributed by atoms with Crippen LogP contribution >= 0.6 is 0 Å². The molecule has 158 valence electrons. The summed E-state index contributed by atoms with van der Waals surface area (Å²) in [5.74, 6) is -0.459. The number of carbonyl (C=O) groups excluding carboxylic acids is 3. The summed E-state index contributed by atoms with van der Waals surface area (Å²) in [4.78, 5) is 38.7. The Morgan fingerprint density at radius 2 is 1.80 bits per heavy atom. The quantitative estimate of drug-likeness (QED) is 0.759. The normalized spacial score (nSPS) is 14.7. The van der Waals surface area contributed by atoms with Crippen molar-refractivity contribution in [1.82, 2.24) is 0 Å². The van der Waals surface area contributed by atoms with Gasteiger partial charge in [0.25, 0.3) is 11.8 Å². The Morgan fingerprint density at radius 1 is 1.13 bits per heavy atom. The molecule has 1 N–H and O–H groups in total. The van der Waals surface area contributed by atoms with E-state index in [0.717, 1.165) is 0 Å². The second-order valence-corrected chi connectivity index (χ2v) is 7.99. The van der Waals surface area contributed by atoms with Gasteiger partial charge in [0.15, 0.2) is 5.60 Å². The summed E-state index contributed by atoms with van der Waals surface area (Å²) in [5, 5.41) is 2.85. The summed E-state index contributed by atoms with van der Waals surface area (Å²) < 4.78 is 10.5. The lowest BCUT2D eigenvalue weighted by Gasteiger charge is -2.38. The third kappa shape index (κ3) is 4.30. The molecule has 0 aliphatic carbocycles. The first-order valence-electron chi connectivity index (χ1n) is 9.75. The number of anilines is 2. The van der Waals surface area contributed by atoms with E-state index >= 15 is 0 Å². The van der Waals surface area contributed by atoms with Crippen molar-refractivity contribution in [1.29, 1.82) is 0 Å². The molecule has 0 fully saturated rings. The predicted molar refractivity (Wildman–Crippen MR) is 114 cm³/mol. The largest absolute Gasteiger partial charge is 0.476 e. The van der Waals surface area contributed by atoms with Crippen LogP contribution < -0.4 is 15.0 Å². The SMILES string of the molecule is COC(=O)CN1C(=O)C(C)(C)Oc2ccc(C(=O)Nc3ccc(C(C)C)cc3)cc21. The highest BCUT2D eigenvalue weighted by atomic mass is 16.5. The lowest BCUT2D eigenvalue weighted by atomic mass is 10.0. The highest BCUT2D eigenvalue weighted by molar-refractivity contribution is 6.08. The maximum Gasteiger partial charge on any atom is 0.325 e. The van der Waals surface area contributed by atoms with Gasteiger partial charge < -0.3 is 14.8 Å². The molecule has 7 nitrogen and oxygen atoms in total. The van der Waals surface area contributed by atoms with Crippen LogP contribution in [0.15, 0.2) is 42.5 Å². The van der Waals surface area contributed by atoms with E-state index in [0.29, 0.717) is 28.6 Å². The zero-order chi connectivity index (χ0) is 22.1. The van der Waals surface area contributed by atoms with E-state index in [4.69, 9.17) is 9.47 Å². The monoisotopic (exact) mass is 410 g/mol. The van der Waals surface area contributed by atoms with Gasteiger partial charge in [-0.05, 0) is 55.7 Å². The van der Waals surface area contributed by atoms with Crippen molar-refractivity contribution in [2.75, 3.05) is 23.9 Å². The van der Waals surface area contributed by atoms with Crippen molar-refractivity contribution < 1.29 is 23.9 Å². The fraction of sp³-hybridized carbons (Fsp3) is 0.348. The molecule has 0 aromatic heterocycles. The maximum atomic E-state index is 12.8. The number of fused-ring (bicyclic) bond motifs is 1. The minimum Gasteiger partial charge on any atom is -0.476 e. The van der Waals surface area contributed by atoms with Crippen molar-refractivity contribution in [3.05, 3.63) is 53.6 Å². The maximum absolute atomic E-state index is 12.8. The van der Waals surface area contributed by atoms with E-state index in [1.165, 1.54) is 17.6 Å². The molecule has 0 unspecified atom stereocenters. The van der Waals surface area contributed by atoms with Crippen molar-refractivity contribution >= 4 is 29.2 Å². The first-order valence-corrected chi connectivity index (χ1v) is 9.75. The van der Waals surface area contributed by atoms with Crippen LogP contribution in [0.5, 0.6) is 5.75 Å². The number of carbonyl (C=O) groups is 3. The van der Waals surface area contributed by atoms with E-state index in [2.05, 4.69) is 19.2 Å². The Bertz CT molecular complexity index is 980. The number of hydrogen-bond acceptors (Lipinski definition) is 5. The van der Waals surface area contributed by atoms with Gasteiger partial charge in [-0.25, -0.2) is 0 Å². The van der Waals surface area contributed by atoms with Gasteiger partial charge >= 0.3 is 5.97 Å². The summed E-state index contributed by atoms with van der Waals surface area (Å²) >= 11 is 0. The lowest BCUT2D eigenvalue weighted by molar-refractivity contribution is -0.142. The third-order valence-corrected chi connectivity index (χ3v) is 4.99. The summed E-state index contributed by atoms with van der Waals surface area (Å²) in [7, 11) is 1.26. The van der Waals surface area contributed by atoms with Gasteiger partial charge in [-0.15, -0.1) is 0 Å². The number of amides is 2. The number of nitrogens with zero attached hydrogens (tertiary/aromatic N) is 1. The van der Waals surface area contributed by atoms with Crippen molar-refractivity contribution in [3.8, 4) is 5.75 Å². The number of hydrogen-bond donors (Lipinski definition) is 1. The van der Waals surface area contributed by atoms with Gasteiger partial charge in [0.05, 0.1) is 12.8 Å².